The predicted octanol–water partition coefficient (Wildman–Crippen LogP) is 4.14. The van der Waals surface area contributed by atoms with Gasteiger partial charge in [0.25, 0.3) is 0 Å². The normalized spacial score (nSPS) is 13.1. The average Bonchev–Trinajstić information content (AvgIpc) is 2.72. The highest BCUT2D eigenvalue weighted by atomic mass is 32.2. The first-order valence-electron chi connectivity index (χ1n) is 8.80. The largest absolute Gasteiger partial charge is 0.387 e. The summed E-state index contributed by atoms with van der Waals surface area (Å²) >= 11 is 0. The summed E-state index contributed by atoms with van der Waals surface area (Å²) < 4.78 is 42.3. The fraction of sp³-hybridized carbons (Fsp3) is 0.0909. The van der Waals surface area contributed by atoms with E-state index in [-0.39, 0.29) is 11.9 Å². The Bertz CT molecular complexity index is 1270. The van der Waals surface area contributed by atoms with Crippen LogP contribution in [0.2, 0.25) is 0 Å². The zero-order chi connectivity index (χ0) is 19.7. The van der Waals surface area contributed by atoms with E-state index in [1.165, 1.54) is 12.1 Å². The monoisotopic (exact) mass is 395 g/mol. The number of aliphatic hydroxyl groups excluding tert-OH is 1. The molecule has 1 unspecified atom stereocenters. The van der Waals surface area contributed by atoms with Crippen molar-refractivity contribution in [2.45, 2.75) is 11.0 Å². The third-order valence-corrected chi connectivity index (χ3v) is 6.21. The van der Waals surface area contributed by atoms with Crippen LogP contribution in [0.15, 0.2) is 83.8 Å². The number of fused-ring (bicyclic) bond motifs is 2. The van der Waals surface area contributed by atoms with Crippen molar-refractivity contribution < 1.29 is 17.9 Å². The van der Waals surface area contributed by atoms with E-state index in [0.29, 0.717) is 10.9 Å². The molecule has 4 nitrogen and oxygen atoms in total. The Morgan fingerprint density at radius 3 is 2.18 bits per heavy atom. The number of hydrogen-bond donors (Lipinski definition) is 2. The molecule has 0 saturated heterocycles. The van der Waals surface area contributed by atoms with Gasteiger partial charge in [0.2, 0.25) is 10.0 Å². The molecule has 0 aliphatic heterocycles. The highest BCUT2D eigenvalue weighted by Crippen LogP contribution is 2.26. The molecule has 0 radical (unpaired) electrons. The van der Waals surface area contributed by atoms with E-state index in [9.17, 15) is 17.9 Å². The molecular weight excluding hydrogens is 377 g/mol. The average molecular weight is 395 g/mol. The van der Waals surface area contributed by atoms with Crippen LogP contribution >= 0.6 is 0 Å². The molecular formula is C22H18FNO3S. The molecule has 4 aromatic carbocycles. The van der Waals surface area contributed by atoms with Gasteiger partial charge in [0.05, 0.1) is 6.10 Å². The molecule has 0 saturated carbocycles. The van der Waals surface area contributed by atoms with E-state index < -0.39 is 26.8 Å². The second-order valence-corrected chi connectivity index (χ2v) is 8.27. The molecule has 2 N–H and O–H groups in total. The molecule has 0 amide bonds. The highest BCUT2D eigenvalue weighted by Gasteiger charge is 2.22. The van der Waals surface area contributed by atoms with Gasteiger partial charge >= 0.3 is 0 Å². The van der Waals surface area contributed by atoms with Crippen molar-refractivity contribution in [3.63, 3.8) is 0 Å². The summed E-state index contributed by atoms with van der Waals surface area (Å²) in [6, 6.07) is 22.5. The Balaban J connectivity index is 1.61. The van der Waals surface area contributed by atoms with Crippen molar-refractivity contribution in [2.24, 2.45) is 0 Å². The van der Waals surface area contributed by atoms with Gasteiger partial charge in [0.15, 0.2) is 5.82 Å². The maximum atomic E-state index is 14.7. The van der Waals surface area contributed by atoms with Crippen molar-refractivity contribution in [3.05, 3.63) is 90.2 Å². The first-order chi connectivity index (χ1) is 13.5. The lowest BCUT2D eigenvalue weighted by molar-refractivity contribution is 0.183. The highest BCUT2D eigenvalue weighted by molar-refractivity contribution is 7.89. The van der Waals surface area contributed by atoms with Gasteiger partial charge < -0.3 is 5.11 Å². The molecule has 0 spiro atoms. The molecule has 0 aliphatic rings. The van der Waals surface area contributed by atoms with Gasteiger partial charge in [-0.15, -0.1) is 0 Å². The Morgan fingerprint density at radius 2 is 1.43 bits per heavy atom. The van der Waals surface area contributed by atoms with Crippen LogP contribution in [0.25, 0.3) is 21.5 Å². The topological polar surface area (TPSA) is 66.4 Å². The fourth-order valence-corrected chi connectivity index (χ4v) is 4.46. The first kappa shape index (κ1) is 18.6. The van der Waals surface area contributed by atoms with E-state index in [4.69, 9.17) is 0 Å². The minimum atomic E-state index is -4.12. The number of benzene rings is 4. The standard InChI is InChI=1S/C22H18FNO3S/c23-22-18-10-4-2-7-16(18)12-13-21(22)28(26,27)24-14-20(25)19-11-5-8-15-6-1-3-9-17(15)19/h1-13,20,24-25H,14H2. The number of hydrogen-bond acceptors (Lipinski definition) is 3. The van der Waals surface area contributed by atoms with Gasteiger partial charge in [0, 0.05) is 11.9 Å². The van der Waals surface area contributed by atoms with Gasteiger partial charge in [0.1, 0.15) is 4.90 Å². The van der Waals surface area contributed by atoms with Crippen molar-refractivity contribution >= 4 is 31.6 Å². The van der Waals surface area contributed by atoms with Crippen LogP contribution in [0.1, 0.15) is 11.7 Å². The molecule has 0 fully saturated rings. The molecule has 0 aromatic heterocycles. The van der Waals surface area contributed by atoms with E-state index in [2.05, 4.69) is 4.72 Å². The summed E-state index contributed by atoms with van der Waals surface area (Å²) in [7, 11) is -4.12. The van der Waals surface area contributed by atoms with Crippen LogP contribution in [0.4, 0.5) is 4.39 Å². The number of nitrogens with one attached hydrogen (secondary N) is 1. The number of halogens is 1. The zero-order valence-corrected chi connectivity index (χ0v) is 15.7. The van der Waals surface area contributed by atoms with Gasteiger partial charge in [-0.1, -0.05) is 72.8 Å². The number of rotatable bonds is 5. The summed E-state index contributed by atoms with van der Waals surface area (Å²) in [5.41, 5.74) is 0.611. The maximum Gasteiger partial charge on any atom is 0.243 e. The van der Waals surface area contributed by atoms with Crippen molar-refractivity contribution in [2.75, 3.05) is 6.54 Å². The smallest absolute Gasteiger partial charge is 0.243 e. The van der Waals surface area contributed by atoms with Crippen molar-refractivity contribution in [1.29, 1.82) is 0 Å². The third kappa shape index (κ3) is 3.38. The summed E-state index contributed by atoms with van der Waals surface area (Å²) in [5.74, 6) is -0.801. The van der Waals surface area contributed by atoms with Crippen LogP contribution in [0, 0.1) is 5.82 Å². The van der Waals surface area contributed by atoms with Gasteiger partial charge in [-0.25, -0.2) is 17.5 Å². The number of sulfonamides is 1. The summed E-state index contributed by atoms with van der Waals surface area (Å²) in [4.78, 5) is -0.434. The second-order valence-electron chi connectivity index (χ2n) is 6.53. The van der Waals surface area contributed by atoms with Crippen LogP contribution in [0.5, 0.6) is 0 Å². The Morgan fingerprint density at radius 1 is 0.821 bits per heavy atom. The summed E-state index contributed by atoms with van der Waals surface area (Å²) in [6.45, 7) is -0.261. The van der Waals surface area contributed by atoms with Crippen molar-refractivity contribution in [1.82, 2.24) is 4.72 Å². The molecule has 28 heavy (non-hydrogen) atoms. The van der Waals surface area contributed by atoms with E-state index in [1.54, 1.807) is 36.4 Å². The van der Waals surface area contributed by atoms with Crippen molar-refractivity contribution in [3.8, 4) is 0 Å². The van der Waals surface area contributed by atoms with Crippen LogP contribution in [-0.4, -0.2) is 20.1 Å². The molecule has 0 aliphatic carbocycles. The summed E-state index contributed by atoms with van der Waals surface area (Å²) in [6.07, 6.45) is -1.07. The van der Waals surface area contributed by atoms with E-state index in [1.807, 2.05) is 30.3 Å². The van der Waals surface area contributed by atoms with Gasteiger partial charge in [-0.05, 0) is 27.8 Å². The Kier molecular flexibility index (Phi) is 4.85. The molecule has 4 rings (SSSR count). The molecule has 6 heteroatoms. The van der Waals surface area contributed by atoms with E-state index >= 15 is 0 Å². The molecule has 0 bridgehead atoms. The molecule has 4 aromatic rings. The molecule has 1 atom stereocenters. The Hall–Kier alpha value is -2.80. The van der Waals surface area contributed by atoms with Crippen LogP contribution < -0.4 is 4.72 Å². The summed E-state index contributed by atoms with van der Waals surface area (Å²) in [5, 5.41) is 13.2. The van der Waals surface area contributed by atoms with Gasteiger partial charge in [-0.2, -0.15) is 0 Å². The van der Waals surface area contributed by atoms with Crippen LogP contribution in [0.3, 0.4) is 0 Å². The minimum Gasteiger partial charge on any atom is -0.387 e. The zero-order valence-electron chi connectivity index (χ0n) is 14.8. The fourth-order valence-electron chi connectivity index (χ4n) is 3.34. The Labute approximate surface area is 162 Å². The lowest BCUT2D eigenvalue weighted by atomic mass is 10.0. The second kappa shape index (κ2) is 7.31. The van der Waals surface area contributed by atoms with Crippen LogP contribution in [-0.2, 0) is 10.0 Å². The lowest BCUT2D eigenvalue weighted by Crippen LogP contribution is -2.29. The van der Waals surface area contributed by atoms with Gasteiger partial charge in [-0.3, -0.25) is 0 Å². The molecule has 142 valence electrons. The quantitative estimate of drug-likeness (QED) is 0.534. The van der Waals surface area contributed by atoms with E-state index in [0.717, 1.165) is 10.8 Å². The maximum absolute atomic E-state index is 14.7. The molecule has 0 heterocycles. The minimum absolute atomic E-state index is 0.236. The number of aliphatic hydroxyl groups is 1. The third-order valence-electron chi connectivity index (χ3n) is 4.77. The predicted molar refractivity (Wildman–Crippen MR) is 108 cm³/mol. The lowest BCUT2D eigenvalue weighted by Gasteiger charge is -2.15. The first-order valence-corrected chi connectivity index (χ1v) is 10.3. The SMILES string of the molecule is O=S(=O)(NCC(O)c1cccc2ccccc12)c1ccc2ccccc2c1F.